The molecule has 2 aromatic rings. The van der Waals surface area contributed by atoms with Gasteiger partial charge in [-0.2, -0.15) is 0 Å². The molecule has 42 heavy (non-hydrogen) atoms. The van der Waals surface area contributed by atoms with Gasteiger partial charge in [0.2, 0.25) is 5.91 Å². The number of benzene rings is 2. The molecule has 7 atom stereocenters. The van der Waals surface area contributed by atoms with E-state index in [0.29, 0.717) is 17.7 Å². The zero-order valence-corrected chi connectivity index (χ0v) is 24.6. The van der Waals surface area contributed by atoms with Crippen LogP contribution in [0.3, 0.4) is 0 Å². The molecule has 1 unspecified atom stereocenters. The summed E-state index contributed by atoms with van der Waals surface area (Å²) < 4.78 is 13.2. The third-order valence-electron chi connectivity index (χ3n) is 10.4. The van der Waals surface area contributed by atoms with Gasteiger partial charge in [-0.05, 0) is 74.5 Å². The largest absolute Gasteiger partial charge is 0.508 e. The van der Waals surface area contributed by atoms with E-state index in [-0.39, 0.29) is 47.9 Å². The van der Waals surface area contributed by atoms with Gasteiger partial charge in [0.05, 0.1) is 17.1 Å². The van der Waals surface area contributed by atoms with Gasteiger partial charge in [-0.1, -0.05) is 32.0 Å². The number of rotatable bonds is 9. The maximum atomic E-state index is 13.7. The number of carboxylic acid groups (broad SMARTS) is 1. The number of ether oxygens (including phenoxy) is 2. The van der Waals surface area contributed by atoms with Crippen LogP contribution >= 0.6 is 0 Å². The molecule has 2 aliphatic carbocycles. The number of likely N-dealkylation sites (N-methyl/N-ethyl adjacent to an activating group) is 1. The Morgan fingerprint density at radius 3 is 2.55 bits per heavy atom. The Hall–Kier alpha value is -3.34. The van der Waals surface area contributed by atoms with Crippen LogP contribution in [0, 0.1) is 5.92 Å². The SMILES string of the molecule is CO[C@@]12CC[C@H](N[C@H](C(=O)N[C@@H](Cc3ccc(O)cc3)C(=O)O)C(C)C)[C@@H]3Oc4c(O)ccc5c4[C@@]31CCN(C)C2C5. The number of phenolic OH excluding ortho intramolecular Hbond substituents is 2. The van der Waals surface area contributed by atoms with Crippen LogP contribution in [0.5, 0.6) is 17.2 Å². The molecule has 10 nitrogen and oxygen atoms in total. The van der Waals surface area contributed by atoms with Crippen molar-refractivity contribution in [2.75, 3.05) is 20.7 Å². The van der Waals surface area contributed by atoms with Crippen molar-refractivity contribution in [3.05, 3.63) is 53.1 Å². The van der Waals surface area contributed by atoms with Crippen molar-refractivity contribution in [3.8, 4) is 17.2 Å². The topological polar surface area (TPSA) is 141 Å². The Bertz CT molecular complexity index is 1380. The first-order valence-corrected chi connectivity index (χ1v) is 14.9. The minimum atomic E-state index is -1.13. The number of piperidine rings is 1. The summed E-state index contributed by atoms with van der Waals surface area (Å²) in [5.74, 6) is -0.909. The average molecular weight is 580 g/mol. The van der Waals surface area contributed by atoms with Crippen LogP contribution in [-0.4, -0.2) is 88.7 Å². The summed E-state index contributed by atoms with van der Waals surface area (Å²) in [6.07, 6.45) is 2.79. The molecule has 1 spiro atoms. The molecule has 1 saturated carbocycles. The predicted molar refractivity (Wildman–Crippen MR) is 155 cm³/mol. The second-order valence-electron chi connectivity index (χ2n) is 12.8. The number of methoxy groups -OCH3 is 1. The van der Waals surface area contributed by atoms with Crippen LogP contribution in [0.25, 0.3) is 0 Å². The number of nitrogens with zero attached hydrogens (tertiary/aromatic N) is 1. The molecular weight excluding hydrogens is 538 g/mol. The van der Waals surface area contributed by atoms with E-state index in [2.05, 4.69) is 22.6 Å². The van der Waals surface area contributed by atoms with Crippen molar-refractivity contribution in [3.63, 3.8) is 0 Å². The highest BCUT2D eigenvalue weighted by molar-refractivity contribution is 5.87. The van der Waals surface area contributed by atoms with E-state index >= 15 is 0 Å². The number of hydrogen-bond donors (Lipinski definition) is 5. The number of carboxylic acids is 1. The fourth-order valence-electron chi connectivity index (χ4n) is 8.44. The number of hydrogen-bond acceptors (Lipinski definition) is 8. The van der Waals surface area contributed by atoms with Gasteiger partial charge in [-0.15, -0.1) is 0 Å². The first-order chi connectivity index (χ1) is 20.0. The highest BCUT2D eigenvalue weighted by Gasteiger charge is 2.73. The van der Waals surface area contributed by atoms with Crippen LogP contribution in [0.15, 0.2) is 36.4 Å². The zero-order chi connectivity index (χ0) is 30.0. The average Bonchev–Trinajstić information content (AvgIpc) is 3.32. The lowest BCUT2D eigenvalue weighted by Crippen LogP contribution is -2.78. The quantitative estimate of drug-likeness (QED) is 0.303. The number of carbonyl (C=O) groups excluding carboxylic acids is 1. The van der Waals surface area contributed by atoms with Gasteiger partial charge >= 0.3 is 5.97 Å². The van der Waals surface area contributed by atoms with E-state index in [1.807, 2.05) is 19.9 Å². The summed E-state index contributed by atoms with van der Waals surface area (Å²) in [5, 5.41) is 36.8. The van der Waals surface area contributed by atoms with E-state index in [1.54, 1.807) is 25.3 Å². The monoisotopic (exact) mass is 579 g/mol. The van der Waals surface area contributed by atoms with Crippen molar-refractivity contribution >= 4 is 11.9 Å². The Morgan fingerprint density at radius 1 is 1.14 bits per heavy atom. The smallest absolute Gasteiger partial charge is 0.326 e. The molecule has 0 radical (unpaired) electrons. The fraction of sp³-hybridized carbons (Fsp3) is 0.562. The minimum absolute atomic E-state index is 0.0903. The number of amides is 1. The summed E-state index contributed by atoms with van der Waals surface area (Å²) >= 11 is 0. The first-order valence-electron chi connectivity index (χ1n) is 14.9. The molecule has 2 heterocycles. The Morgan fingerprint density at radius 2 is 1.88 bits per heavy atom. The Labute approximate surface area is 246 Å². The lowest BCUT2D eigenvalue weighted by molar-refractivity contribution is -0.204. The standard InChI is InChI=1S/C32H41N3O7/c1-17(2)26(29(38)34-22(30(39)40)15-18-5-8-20(36)9-6-18)33-21-11-12-32(41-4)24-16-19-7-10-23(37)27-25(19)31(32,28(21)42-27)13-14-35(24)3/h5-10,17,21-22,24,26,28,33,36-37H,11-16H2,1-4H3,(H,34,38)(H,39,40)/t21-,22-,24?,26-,28-,31-,32+/m0/s1. The highest BCUT2D eigenvalue weighted by Crippen LogP contribution is 2.66. The lowest BCUT2D eigenvalue weighted by atomic mass is 9.48. The maximum Gasteiger partial charge on any atom is 0.326 e. The van der Waals surface area contributed by atoms with Crippen LogP contribution in [0.4, 0.5) is 0 Å². The molecule has 0 aromatic heterocycles. The molecular formula is C32H41N3O7. The number of phenols is 2. The number of nitrogens with one attached hydrogen (secondary N) is 2. The molecule has 1 saturated heterocycles. The van der Waals surface area contributed by atoms with Gasteiger partial charge in [-0.3, -0.25) is 10.1 Å². The predicted octanol–water partition coefficient (Wildman–Crippen LogP) is 2.33. The van der Waals surface area contributed by atoms with Gasteiger partial charge in [0.25, 0.3) is 0 Å². The molecule has 226 valence electrons. The number of carbonyl (C=O) groups is 2. The van der Waals surface area contributed by atoms with Crippen LogP contribution in [-0.2, 0) is 32.6 Å². The van der Waals surface area contributed by atoms with Gasteiger partial charge in [0.15, 0.2) is 11.5 Å². The van der Waals surface area contributed by atoms with Crippen molar-refractivity contribution < 1.29 is 34.4 Å². The van der Waals surface area contributed by atoms with Crippen LogP contribution in [0.1, 0.15) is 49.8 Å². The third kappa shape index (κ3) is 4.18. The zero-order valence-electron chi connectivity index (χ0n) is 24.6. The fourth-order valence-corrected chi connectivity index (χ4v) is 8.44. The van der Waals surface area contributed by atoms with E-state index in [1.165, 1.54) is 17.7 Å². The van der Waals surface area contributed by atoms with Crippen LogP contribution in [0.2, 0.25) is 0 Å². The molecule has 1 amide bonds. The van der Waals surface area contributed by atoms with E-state index in [4.69, 9.17) is 9.47 Å². The molecule has 4 aliphatic rings. The first kappa shape index (κ1) is 28.8. The maximum absolute atomic E-state index is 13.7. The highest BCUT2D eigenvalue weighted by atomic mass is 16.5. The second kappa shape index (κ2) is 10.4. The molecule has 6 rings (SSSR count). The van der Waals surface area contributed by atoms with E-state index < -0.39 is 29.1 Å². The van der Waals surface area contributed by atoms with Gasteiger partial charge in [-0.25, -0.2) is 4.79 Å². The summed E-state index contributed by atoms with van der Waals surface area (Å²) in [5.41, 5.74) is 1.93. The summed E-state index contributed by atoms with van der Waals surface area (Å²) in [6.45, 7) is 4.74. The number of aromatic hydroxyl groups is 2. The minimum Gasteiger partial charge on any atom is -0.508 e. The summed E-state index contributed by atoms with van der Waals surface area (Å²) in [6, 6.07) is 8.15. The Kier molecular flexibility index (Phi) is 7.14. The molecule has 2 aromatic carbocycles. The number of likely N-dealkylation sites (tertiary alicyclic amines) is 1. The molecule has 2 bridgehead atoms. The van der Waals surface area contributed by atoms with Crippen molar-refractivity contribution in [1.29, 1.82) is 0 Å². The summed E-state index contributed by atoms with van der Waals surface area (Å²) in [7, 11) is 3.94. The second-order valence-corrected chi connectivity index (χ2v) is 12.8. The van der Waals surface area contributed by atoms with Crippen LogP contribution < -0.4 is 15.4 Å². The number of aliphatic carboxylic acids is 1. The molecule has 5 N–H and O–H groups in total. The lowest BCUT2D eigenvalue weighted by Gasteiger charge is -2.65. The third-order valence-corrected chi connectivity index (χ3v) is 10.4. The van der Waals surface area contributed by atoms with Crippen molar-refractivity contribution in [2.24, 2.45) is 5.92 Å². The summed E-state index contributed by atoms with van der Waals surface area (Å²) in [4.78, 5) is 28.2. The van der Waals surface area contributed by atoms with E-state index in [9.17, 15) is 24.9 Å². The molecule has 10 heteroatoms. The normalized spacial score (nSPS) is 30.7. The van der Waals surface area contributed by atoms with Crippen molar-refractivity contribution in [1.82, 2.24) is 15.5 Å². The van der Waals surface area contributed by atoms with E-state index in [0.717, 1.165) is 31.4 Å². The van der Waals surface area contributed by atoms with Crippen molar-refractivity contribution in [2.45, 2.75) is 87.2 Å². The van der Waals surface area contributed by atoms with Gasteiger partial charge in [0.1, 0.15) is 17.9 Å². The van der Waals surface area contributed by atoms with Gasteiger partial charge in [0, 0.05) is 31.2 Å². The molecule has 2 fully saturated rings. The molecule has 2 aliphatic heterocycles. The van der Waals surface area contributed by atoms with Gasteiger partial charge < -0.3 is 35.0 Å². The Balaban J connectivity index is 1.29.